The molecule has 0 saturated carbocycles. The molecule has 36 heavy (non-hydrogen) atoms. The third-order valence-electron chi connectivity index (χ3n) is 6.35. The van der Waals surface area contributed by atoms with Crippen molar-refractivity contribution >= 4 is 34.5 Å². The minimum Gasteiger partial charge on any atom is -0.492 e. The van der Waals surface area contributed by atoms with E-state index in [2.05, 4.69) is 42.9 Å². The SMILES string of the molecule is CC(C)(C)c1ccc(OCCn2cc(/C=C3\C(=O)NN(c4ccccc4)C3=O)c3ccccc32)cc1. The predicted molar refractivity (Wildman–Crippen MR) is 143 cm³/mol. The molecular weight excluding hydrogens is 450 g/mol. The Morgan fingerprint density at radius 3 is 2.31 bits per heavy atom. The van der Waals surface area contributed by atoms with Gasteiger partial charge in [-0.3, -0.25) is 15.0 Å². The van der Waals surface area contributed by atoms with Gasteiger partial charge in [0.25, 0.3) is 11.8 Å². The molecule has 2 heterocycles. The fraction of sp³-hybridized carbons (Fsp3) is 0.200. The monoisotopic (exact) mass is 479 g/mol. The molecule has 0 bridgehead atoms. The van der Waals surface area contributed by atoms with Crippen LogP contribution in [-0.4, -0.2) is 23.0 Å². The van der Waals surface area contributed by atoms with Crippen molar-refractivity contribution in [2.45, 2.75) is 32.7 Å². The van der Waals surface area contributed by atoms with Crippen molar-refractivity contribution in [3.63, 3.8) is 0 Å². The molecule has 0 atom stereocenters. The molecular formula is C30H29N3O3. The van der Waals surface area contributed by atoms with Crippen LogP contribution in [0.25, 0.3) is 17.0 Å². The van der Waals surface area contributed by atoms with E-state index in [0.29, 0.717) is 18.8 Å². The standard InChI is InChI=1S/C30H29N3O3/c1-30(2,3)22-13-15-24(16-14-22)36-18-17-32-20-21(25-11-7-8-12-27(25)32)19-26-28(34)31-33(29(26)35)23-9-5-4-6-10-23/h4-16,19-20H,17-18H2,1-3H3,(H,31,34)/b26-19+. The van der Waals surface area contributed by atoms with Crippen LogP contribution in [0.5, 0.6) is 5.75 Å². The second kappa shape index (κ2) is 9.38. The summed E-state index contributed by atoms with van der Waals surface area (Å²) in [6, 6.07) is 25.3. The number of aromatic nitrogens is 1. The Hall–Kier alpha value is -4.32. The summed E-state index contributed by atoms with van der Waals surface area (Å²) >= 11 is 0. The molecule has 1 N–H and O–H groups in total. The van der Waals surface area contributed by atoms with Crippen molar-refractivity contribution < 1.29 is 14.3 Å². The number of hydrogen-bond donors (Lipinski definition) is 1. The fourth-order valence-electron chi connectivity index (χ4n) is 4.36. The predicted octanol–water partition coefficient (Wildman–Crippen LogP) is 5.48. The van der Waals surface area contributed by atoms with Crippen LogP contribution in [0.4, 0.5) is 5.69 Å². The molecule has 182 valence electrons. The number of para-hydroxylation sites is 2. The van der Waals surface area contributed by atoms with Crippen LogP contribution in [0.3, 0.4) is 0 Å². The highest BCUT2D eigenvalue weighted by Gasteiger charge is 2.34. The highest BCUT2D eigenvalue weighted by Crippen LogP contribution is 2.27. The summed E-state index contributed by atoms with van der Waals surface area (Å²) in [4.78, 5) is 25.7. The largest absolute Gasteiger partial charge is 0.492 e. The quantitative estimate of drug-likeness (QED) is 0.294. The average Bonchev–Trinajstić information content (AvgIpc) is 3.37. The Balaban J connectivity index is 1.36. The third-order valence-corrected chi connectivity index (χ3v) is 6.35. The van der Waals surface area contributed by atoms with Gasteiger partial charge >= 0.3 is 0 Å². The zero-order valence-corrected chi connectivity index (χ0v) is 20.7. The number of nitrogens with zero attached hydrogens (tertiary/aromatic N) is 2. The van der Waals surface area contributed by atoms with E-state index in [4.69, 9.17) is 4.74 Å². The Labute approximate surface area is 210 Å². The Bertz CT molecular complexity index is 1440. The van der Waals surface area contributed by atoms with E-state index in [1.807, 2.05) is 60.8 Å². The lowest BCUT2D eigenvalue weighted by atomic mass is 9.87. The number of ether oxygens (including phenoxy) is 1. The Kier molecular flexibility index (Phi) is 6.10. The maximum absolute atomic E-state index is 13.0. The second-order valence-corrected chi connectivity index (χ2v) is 9.89. The number of amides is 2. The number of hydrazine groups is 1. The number of hydrogen-bond acceptors (Lipinski definition) is 3. The van der Waals surface area contributed by atoms with E-state index in [1.54, 1.807) is 18.2 Å². The molecule has 0 spiro atoms. The highest BCUT2D eigenvalue weighted by atomic mass is 16.5. The molecule has 0 unspecified atom stereocenters. The second-order valence-electron chi connectivity index (χ2n) is 9.89. The van der Waals surface area contributed by atoms with Crippen molar-refractivity contribution in [1.82, 2.24) is 9.99 Å². The lowest BCUT2D eigenvalue weighted by Gasteiger charge is -2.19. The number of rotatable bonds is 6. The van der Waals surface area contributed by atoms with Crippen LogP contribution in [0.1, 0.15) is 31.9 Å². The first kappa shape index (κ1) is 23.4. The average molecular weight is 480 g/mol. The summed E-state index contributed by atoms with van der Waals surface area (Å²) in [5.41, 5.74) is 6.58. The third kappa shape index (κ3) is 4.62. The first-order chi connectivity index (χ1) is 17.3. The molecule has 6 heteroatoms. The molecule has 1 saturated heterocycles. The Morgan fingerprint density at radius 1 is 0.889 bits per heavy atom. The van der Waals surface area contributed by atoms with Crippen LogP contribution in [0, 0.1) is 0 Å². The smallest absolute Gasteiger partial charge is 0.282 e. The van der Waals surface area contributed by atoms with Crippen molar-refractivity contribution in [2.75, 3.05) is 11.6 Å². The van der Waals surface area contributed by atoms with Gasteiger partial charge in [-0.15, -0.1) is 0 Å². The highest BCUT2D eigenvalue weighted by molar-refractivity contribution is 6.32. The lowest BCUT2D eigenvalue weighted by molar-refractivity contribution is -0.117. The van der Waals surface area contributed by atoms with Gasteiger partial charge in [-0.05, 0) is 47.4 Å². The number of carbonyl (C=O) groups excluding carboxylic acids is 2. The molecule has 0 radical (unpaired) electrons. The van der Waals surface area contributed by atoms with Crippen LogP contribution in [0.15, 0.2) is 90.6 Å². The summed E-state index contributed by atoms with van der Waals surface area (Å²) in [7, 11) is 0. The van der Waals surface area contributed by atoms with Crippen LogP contribution >= 0.6 is 0 Å². The van der Waals surface area contributed by atoms with Crippen LogP contribution in [-0.2, 0) is 21.5 Å². The zero-order valence-electron chi connectivity index (χ0n) is 20.7. The molecule has 4 aromatic rings. The van der Waals surface area contributed by atoms with Gasteiger partial charge in [-0.2, -0.15) is 0 Å². The number of fused-ring (bicyclic) bond motifs is 1. The first-order valence-electron chi connectivity index (χ1n) is 12.0. The van der Waals surface area contributed by atoms with E-state index in [-0.39, 0.29) is 16.9 Å². The molecule has 1 aliphatic heterocycles. The van der Waals surface area contributed by atoms with Gasteiger partial charge in [0.05, 0.1) is 12.2 Å². The summed E-state index contributed by atoms with van der Waals surface area (Å²) in [6.45, 7) is 7.68. The topological polar surface area (TPSA) is 63.6 Å². The molecule has 6 nitrogen and oxygen atoms in total. The van der Waals surface area contributed by atoms with Gasteiger partial charge < -0.3 is 9.30 Å². The molecule has 1 fully saturated rings. The van der Waals surface area contributed by atoms with E-state index in [0.717, 1.165) is 22.2 Å². The minimum atomic E-state index is -0.414. The van der Waals surface area contributed by atoms with Crippen LogP contribution in [0.2, 0.25) is 0 Å². The van der Waals surface area contributed by atoms with Gasteiger partial charge in [0.2, 0.25) is 0 Å². The lowest BCUT2D eigenvalue weighted by Crippen LogP contribution is -2.35. The Morgan fingerprint density at radius 2 is 1.58 bits per heavy atom. The van der Waals surface area contributed by atoms with Crippen LogP contribution < -0.4 is 15.2 Å². The first-order valence-corrected chi connectivity index (χ1v) is 12.0. The molecule has 0 aliphatic carbocycles. The number of benzene rings is 3. The fourth-order valence-corrected chi connectivity index (χ4v) is 4.36. The van der Waals surface area contributed by atoms with Crippen molar-refractivity contribution in [3.05, 3.63) is 102 Å². The molecule has 1 aliphatic rings. The zero-order chi connectivity index (χ0) is 25.3. The van der Waals surface area contributed by atoms with Crippen molar-refractivity contribution in [3.8, 4) is 5.75 Å². The summed E-state index contributed by atoms with van der Waals surface area (Å²) in [5, 5.41) is 2.25. The van der Waals surface area contributed by atoms with Gasteiger partial charge in [-0.25, -0.2) is 5.01 Å². The van der Waals surface area contributed by atoms with Gasteiger partial charge in [0, 0.05) is 22.7 Å². The van der Waals surface area contributed by atoms with Gasteiger partial charge in [0.15, 0.2) is 0 Å². The van der Waals surface area contributed by atoms with Crippen molar-refractivity contribution in [2.24, 2.45) is 0 Å². The van der Waals surface area contributed by atoms with E-state index < -0.39 is 5.91 Å². The van der Waals surface area contributed by atoms with E-state index in [9.17, 15) is 9.59 Å². The normalized spacial score (nSPS) is 15.1. The molecule has 3 aromatic carbocycles. The summed E-state index contributed by atoms with van der Waals surface area (Å²) in [6.07, 6.45) is 3.64. The molecule has 1 aromatic heterocycles. The van der Waals surface area contributed by atoms with Crippen molar-refractivity contribution in [1.29, 1.82) is 0 Å². The van der Waals surface area contributed by atoms with E-state index >= 15 is 0 Å². The van der Waals surface area contributed by atoms with Gasteiger partial charge in [-0.1, -0.05) is 69.3 Å². The molecule has 5 rings (SSSR count). The number of anilines is 1. The summed E-state index contributed by atoms with van der Waals surface area (Å²) < 4.78 is 8.10. The maximum Gasteiger partial charge on any atom is 0.282 e. The van der Waals surface area contributed by atoms with Gasteiger partial charge in [0.1, 0.15) is 17.9 Å². The maximum atomic E-state index is 13.0. The number of carbonyl (C=O) groups is 2. The summed E-state index contributed by atoms with van der Waals surface area (Å²) in [5.74, 6) is 0.0452. The minimum absolute atomic E-state index is 0.100. The molecule has 2 amide bonds. The van der Waals surface area contributed by atoms with E-state index in [1.165, 1.54) is 10.6 Å². The number of nitrogens with one attached hydrogen (secondary N) is 1.